The lowest BCUT2D eigenvalue weighted by Gasteiger charge is -2.27. The highest BCUT2D eigenvalue weighted by atomic mass is 19.1. The molecular formula is C26H24F2N8O. The van der Waals surface area contributed by atoms with E-state index < -0.39 is 11.6 Å². The van der Waals surface area contributed by atoms with Crippen molar-refractivity contribution in [1.29, 1.82) is 0 Å². The van der Waals surface area contributed by atoms with Gasteiger partial charge in [0.05, 0.1) is 23.3 Å². The fraction of sp³-hybridized carbons (Fsp3) is 0.192. The minimum Gasteiger partial charge on any atom is -0.364 e. The molecule has 0 radical (unpaired) electrons. The predicted molar refractivity (Wildman–Crippen MR) is 136 cm³/mol. The Morgan fingerprint density at radius 2 is 1.95 bits per heavy atom. The Labute approximate surface area is 211 Å². The second kappa shape index (κ2) is 9.17. The molecule has 1 fully saturated rings. The van der Waals surface area contributed by atoms with Gasteiger partial charge in [-0.2, -0.15) is 5.10 Å². The van der Waals surface area contributed by atoms with E-state index in [1.54, 1.807) is 35.0 Å². The number of hydrazone groups is 1. The normalized spacial score (nSPS) is 17.3. The number of amidine groups is 1. The van der Waals surface area contributed by atoms with Crippen LogP contribution < -0.4 is 21.2 Å². The first kappa shape index (κ1) is 22.9. The number of carbonyl (C=O) groups is 1. The van der Waals surface area contributed by atoms with Gasteiger partial charge in [-0.25, -0.2) is 18.4 Å². The predicted octanol–water partition coefficient (Wildman–Crippen LogP) is 3.82. The number of hydrogen-bond donors (Lipinski definition) is 3. The monoisotopic (exact) mass is 502 g/mol. The number of anilines is 2. The summed E-state index contributed by atoms with van der Waals surface area (Å²) in [5.41, 5.74) is 9.50. The van der Waals surface area contributed by atoms with Gasteiger partial charge in [-0.05, 0) is 67.4 Å². The number of hydrazine groups is 2. The Morgan fingerprint density at radius 3 is 2.73 bits per heavy atom. The van der Waals surface area contributed by atoms with Gasteiger partial charge < -0.3 is 10.2 Å². The summed E-state index contributed by atoms with van der Waals surface area (Å²) in [7, 11) is 1.78. The summed E-state index contributed by atoms with van der Waals surface area (Å²) >= 11 is 0. The van der Waals surface area contributed by atoms with Gasteiger partial charge in [-0.3, -0.25) is 10.2 Å². The number of rotatable bonds is 5. The van der Waals surface area contributed by atoms with Gasteiger partial charge in [0.2, 0.25) is 0 Å². The molecule has 1 saturated heterocycles. The Bertz CT molecular complexity index is 1520. The van der Waals surface area contributed by atoms with E-state index in [1.807, 2.05) is 24.3 Å². The lowest BCUT2D eigenvalue weighted by Crippen LogP contribution is -2.36. The third-order valence-electron chi connectivity index (χ3n) is 6.65. The van der Waals surface area contributed by atoms with Crippen LogP contribution in [-0.4, -0.2) is 40.1 Å². The maximum absolute atomic E-state index is 14.5. The van der Waals surface area contributed by atoms with Crippen molar-refractivity contribution in [2.75, 3.05) is 23.8 Å². The summed E-state index contributed by atoms with van der Waals surface area (Å²) in [6.45, 7) is 0.699. The average molecular weight is 503 g/mol. The summed E-state index contributed by atoms with van der Waals surface area (Å²) in [6.07, 6.45) is 4.86. The van der Waals surface area contributed by atoms with Crippen LogP contribution in [0.2, 0.25) is 0 Å². The van der Waals surface area contributed by atoms with Crippen LogP contribution in [0.4, 0.5) is 20.2 Å². The molecule has 0 aliphatic carbocycles. The molecule has 4 heterocycles. The zero-order chi connectivity index (χ0) is 25.5. The lowest BCUT2D eigenvalue weighted by atomic mass is 10.0. The molecule has 1 atom stereocenters. The number of nitrogens with one attached hydrogen (secondary N) is 3. The first-order valence-corrected chi connectivity index (χ1v) is 11.9. The van der Waals surface area contributed by atoms with Crippen LogP contribution in [0.25, 0.3) is 5.52 Å². The van der Waals surface area contributed by atoms with Crippen molar-refractivity contribution < 1.29 is 13.6 Å². The molecule has 2 aliphatic heterocycles. The minimum atomic E-state index is -0.460. The van der Waals surface area contributed by atoms with Crippen molar-refractivity contribution in [3.8, 4) is 0 Å². The number of hydrogen-bond acceptors (Lipinski definition) is 7. The Balaban J connectivity index is 1.25. The number of nitrogens with zero attached hydrogens (tertiary/aromatic N) is 5. The quantitative estimate of drug-likeness (QED) is 0.385. The molecule has 2 aliphatic rings. The molecule has 0 unspecified atom stereocenters. The average Bonchev–Trinajstić information content (AvgIpc) is 3.65. The zero-order valence-electron chi connectivity index (χ0n) is 19.9. The highest BCUT2D eigenvalue weighted by Gasteiger charge is 2.29. The number of benzene rings is 2. The van der Waals surface area contributed by atoms with Gasteiger partial charge in [0, 0.05) is 42.3 Å². The standard InChI is InChI=1S/C26H24F2N8O/c1-34-32-25(31-33-34)16-4-7-18(8-5-16)30-26(37)21-15-29-36-12-10-19(14-24(21)36)35-11-2-3-23(35)20-13-17(27)6-9-22(20)28/h4-10,12-15,23,33H,2-3,11H2,1H3,(H,30,37)(H,31,32)/t23-/m1/s1. The fourth-order valence-corrected chi connectivity index (χ4v) is 4.87. The minimum absolute atomic E-state index is 0.286. The second-order valence-electron chi connectivity index (χ2n) is 9.03. The van der Waals surface area contributed by atoms with Gasteiger partial charge >= 0.3 is 0 Å². The molecule has 0 spiro atoms. The lowest BCUT2D eigenvalue weighted by molar-refractivity contribution is 0.102. The topological polar surface area (TPSA) is 89.3 Å². The first-order valence-electron chi connectivity index (χ1n) is 11.9. The summed E-state index contributed by atoms with van der Waals surface area (Å²) < 4.78 is 30.1. The van der Waals surface area contributed by atoms with Crippen LogP contribution in [0, 0.1) is 11.6 Å². The van der Waals surface area contributed by atoms with Crippen molar-refractivity contribution in [2.24, 2.45) is 5.10 Å². The molecule has 0 saturated carbocycles. The van der Waals surface area contributed by atoms with Gasteiger partial charge in [0.1, 0.15) is 11.6 Å². The number of halogens is 2. The van der Waals surface area contributed by atoms with Crippen LogP contribution in [-0.2, 0) is 0 Å². The smallest absolute Gasteiger partial charge is 0.259 e. The summed E-state index contributed by atoms with van der Waals surface area (Å²) in [6, 6.07) is 14.3. The van der Waals surface area contributed by atoms with Crippen molar-refractivity contribution in [3.05, 3.63) is 95.3 Å². The molecule has 4 aromatic rings. The molecule has 2 aromatic heterocycles. The van der Waals surface area contributed by atoms with Crippen LogP contribution in [0.15, 0.2) is 72.1 Å². The molecule has 37 heavy (non-hydrogen) atoms. The number of fused-ring (bicyclic) bond motifs is 1. The van der Waals surface area contributed by atoms with E-state index >= 15 is 0 Å². The fourth-order valence-electron chi connectivity index (χ4n) is 4.87. The van der Waals surface area contributed by atoms with E-state index in [9.17, 15) is 13.6 Å². The molecule has 0 bridgehead atoms. The van der Waals surface area contributed by atoms with E-state index in [-0.39, 0.29) is 11.9 Å². The molecule has 2 aromatic carbocycles. The molecule has 188 valence electrons. The first-order chi connectivity index (χ1) is 18.0. The van der Waals surface area contributed by atoms with Crippen molar-refractivity contribution >= 4 is 28.6 Å². The largest absolute Gasteiger partial charge is 0.364 e. The molecule has 9 nitrogen and oxygen atoms in total. The molecule has 6 rings (SSSR count). The van der Waals surface area contributed by atoms with E-state index in [0.717, 1.165) is 23.7 Å². The number of carbonyl (C=O) groups excluding carboxylic acids is 1. The molecule has 11 heteroatoms. The van der Waals surface area contributed by atoms with Crippen LogP contribution in [0.1, 0.15) is 40.4 Å². The van der Waals surface area contributed by atoms with E-state index in [1.165, 1.54) is 18.3 Å². The van der Waals surface area contributed by atoms with Gasteiger partial charge in [-0.1, -0.05) is 0 Å². The highest BCUT2D eigenvalue weighted by Crippen LogP contribution is 2.38. The third-order valence-corrected chi connectivity index (χ3v) is 6.65. The summed E-state index contributed by atoms with van der Waals surface area (Å²) in [5, 5.41) is 13.1. The van der Waals surface area contributed by atoms with Crippen molar-refractivity contribution in [3.63, 3.8) is 0 Å². The van der Waals surface area contributed by atoms with Crippen LogP contribution in [0.5, 0.6) is 0 Å². The summed E-state index contributed by atoms with van der Waals surface area (Å²) in [5.74, 6) is -0.507. The number of pyridine rings is 1. The Morgan fingerprint density at radius 1 is 1.11 bits per heavy atom. The number of amides is 1. The maximum atomic E-state index is 14.5. The second-order valence-corrected chi connectivity index (χ2v) is 9.03. The SMILES string of the molecule is CN1N=C(c2ccc(NC(=O)c3cnn4ccc(N5CCC[C@@H]5c5cc(F)ccc5F)cc34)cc2)NN1. The Hall–Kier alpha value is -4.51. The van der Waals surface area contributed by atoms with E-state index in [4.69, 9.17) is 0 Å². The molecular weight excluding hydrogens is 478 g/mol. The Kier molecular flexibility index (Phi) is 5.68. The van der Waals surface area contributed by atoms with E-state index in [2.05, 4.69) is 31.4 Å². The van der Waals surface area contributed by atoms with Gasteiger partial charge in [0.15, 0.2) is 5.84 Å². The third kappa shape index (κ3) is 4.33. The maximum Gasteiger partial charge on any atom is 0.259 e. The molecule has 3 N–H and O–H groups in total. The zero-order valence-corrected chi connectivity index (χ0v) is 19.9. The van der Waals surface area contributed by atoms with Crippen molar-refractivity contribution in [1.82, 2.24) is 25.7 Å². The number of aromatic nitrogens is 2. The molecule has 1 amide bonds. The van der Waals surface area contributed by atoms with Gasteiger partial charge in [0.25, 0.3) is 5.91 Å². The summed E-state index contributed by atoms with van der Waals surface area (Å²) in [4.78, 5) is 15.2. The van der Waals surface area contributed by atoms with E-state index in [0.29, 0.717) is 41.1 Å². The highest BCUT2D eigenvalue weighted by molar-refractivity contribution is 6.09. The van der Waals surface area contributed by atoms with Crippen molar-refractivity contribution in [2.45, 2.75) is 18.9 Å². The van der Waals surface area contributed by atoms with Gasteiger partial charge in [-0.15, -0.1) is 10.6 Å². The van der Waals surface area contributed by atoms with Crippen LogP contribution in [0.3, 0.4) is 0 Å². The van der Waals surface area contributed by atoms with Crippen LogP contribution >= 0.6 is 0 Å².